The van der Waals surface area contributed by atoms with E-state index in [1.54, 1.807) is 0 Å². The van der Waals surface area contributed by atoms with Crippen LogP contribution in [0.5, 0.6) is 5.75 Å². The number of anilines is 5. The van der Waals surface area contributed by atoms with Gasteiger partial charge in [-0.3, -0.25) is 0 Å². The Morgan fingerprint density at radius 3 is 2.00 bits per heavy atom. The van der Waals surface area contributed by atoms with Crippen molar-refractivity contribution in [2.75, 3.05) is 23.0 Å². The van der Waals surface area contributed by atoms with E-state index in [0.717, 1.165) is 46.3 Å². The number of benzene rings is 9. The molecule has 0 N–H and O–H groups in total. The van der Waals surface area contributed by atoms with Gasteiger partial charge >= 0.3 is 0 Å². The second-order valence-corrected chi connectivity index (χ2v) is 16.9. The third-order valence-corrected chi connectivity index (χ3v) is 13.0. The summed E-state index contributed by atoms with van der Waals surface area (Å²) in [6.45, 7) is 6.18. The van der Waals surface area contributed by atoms with Crippen LogP contribution in [0.15, 0.2) is 200 Å². The Bertz CT molecular complexity index is 3290. The number of hydrogen-bond acceptors (Lipinski definition) is 3. The van der Waals surface area contributed by atoms with Crippen LogP contribution in [0.1, 0.15) is 25.0 Å². The van der Waals surface area contributed by atoms with Gasteiger partial charge in [0, 0.05) is 44.6 Å². The lowest BCUT2D eigenvalue weighted by Crippen LogP contribution is -2.28. The molecule has 0 radical (unpaired) electrons. The van der Waals surface area contributed by atoms with Crippen LogP contribution in [0.3, 0.4) is 0 Å². The van der Waals surface area contributed by atoms with E-state index in [0.29, 0.717) is 6.61 Å². The minimum absolute atomic E-state index is 0.231. The number of fused-ring (bicyclic) bond motifs is 8. The van der Waals surface area contributed by atoms with E-state index < -0.39 is 0 Å². The molecule has 10 aromatic rings. The summed E-state index contributed by atoms with van der Waals surface area (Å²) in [7, 11) is 0. The monoisotopic (exact) mass is 785 g/mol. The molecule has 0 fully saturated rings. The van der Waals surface area contributed by atoms with Crippen molar-refractivity contribution in [2.24, 2.45) is 0 Å². The number of nitrogens with zero attached hydrogens (tertiary/aromatic N) is 3. The van der Waals surface area contributed by atoms with E-state index in [2.05, 4.69) is 228 Å². The molecule has 0 amide bonds. The van der Waals surface area contributed by atoms with E-state index in [1.807, 2.05) is 0 Å². The molecule has 2 heterocycles. The lowest BCUT2D eigenvalue weighted by molar-refractivity contribution is 0.314. The van der Waals surface area contributed by atoms with Crippen LogP contribution in [0.2, 0.25) is 0 Å². The third kappa shape index (κ3) is 5.59. The first-order valence-corrected chi connectivity index (χ1v) is 21.3. The van der Waals surface area contributed by atoms with Crippen molar-refractivity contribution in [3.8, 4) is 33.7 Å². The molecule has 0 bridgehead atoms. The zero-order valence-corrected chi connectivity index (χ0v) is 34.2. The van der Waals surface area contributed by atoms with Gasteiger partial charge in [-0.05, 0) is 123 Å². The first-order valence-electron chi connectivity index (χ1n) is 21.3. The molecule has 0 saturated heterocycles. The fraction of sp³-hybridized carbons (Fsp3) is 0.0877. The highest BCUT2D eigenvalue weighted by atomic mass is 16.5. The van der Waals surface area contributed by atoms with Crippen molar-refractivity contribution in [3.63, 3.8) is 0 Å². The lowest BCUT2D eigenvalue weighted by Gasteiger charge is -2.32. The number of aromatic nitrogens is 1. The molecule has 0 unspecified atom stereocenters. The van der Waals surface area contributed by atoms with E-state index in [-0.39, 0.29) is 5.41 Å². The van der Waals surface area contributed by atoms with Crippen LogP contribution in [0.25, 0.3) is 60.5 Å². The summed E-state index contributed by atoms with van der Waals surface area (Å²) >= 11 is 0. The molecular formula is C57H43N3O. The summed E-state index contributed by atoms with van der Waals surface area (Å²) in [5.41, 5.74) is 16.4. The fourth-order valence-electron chi connectivity index (χ4n) is 10.2. The van der Waals surface area contributed by atoms with Crippen molar-refractivity contribution >= 4 is 61.0 Å². The molecule has 0 spiro atoms. The highest BCUT2D eigenvalue weighted by Gasteiger charge is 2.38. The molecule has 4 heteroatoms. The summed E-state index contributed by atoms with van der Waals surface area (Å²) in [5.74, 6) is 0.905. The smallest absolute Gasteiger partial charge is 0.143 e. The van der Waals surface area contributed by atoms with E-state index in [9.17, 15) is 0 Å². The van der Waals surface area contributed by atoms with Gasteiger partial charge in [0.15, 0.2) is 0 Å². The highest BCUT2D eigenvalue weighted by molar-refractivity contribution is 6.09. The highest BCUT2D eigenvalue weighted by Crippen LogP contribution is 2.55. The van der Waals surface area contributed by atoms with Crippen LogP contribution in [-0.2, 0) is 5.41 Å². The molecular weight excluding hydrogens is 743 g/mol. The average molecular weight is 786 g/mol. The van der Waals surface area contributed by atoms with Gasteiger partial charge in [-0.1, -0.05) is 135 Å². The zero-order chi connectivity index (χ0) is 40.7. The summed E-state index contributed by atoms with van der Waals surface area (Å²) in [6, 6.07) is 73.3. The first kappa shape index (κ1) is 35.4. The molecule has 9 aromatic carbocycles. The van der Waals surface area contributed by atoms with Crippen LogP contribution < -0.4 is 14.5 Å². The predicted octanol–water partition coefficient (Wildman–Crippen LogP) is 14.9. The van der Waals surface area contributed by atoms with Crippen molar-refractivity contribution < 1.29 is 4.74 Å². The van der Waals surface area contributed by atoms with Crippen molar-refractivity contribution in [2.45, 2.75) is 19.3 Å². The molecule has 1 aromatic heterocycles. The van der Waals surface area contributed by atoms with E-state index >= 15 is 0 Å². The minimum Gasteiger partial charge on any atom is -0.490 e. The Kier molecular flexibility index (Phi) is 7.98. The quantitative estimate of drug-likeness (QED) is 0.167. The van der Waals surface area contributed by atoms with Gasteiger partial charge in [-0.25, -0.2) is 0 Å². The van der Waals surface area contributed by atoms with Gasteiger partial charge in [-0.2, -0.15) is 0 Å². The second kappa shape index (κ2) is 13.8. The van der Waals surface area contributed by atoms with Gasteiger partial charge in [0.2, 0.25) is 0 Å². The third-order valence-electron chi connectivity index (χ3n) is 13.0. The molecule has 2 aliphatic rings. The van der Waals surface area contributed by atoms with Gasteiger partial charge < -0.3 is 19.1 Å². The second-order valence-electron chi connectivity index (χ2n) is 16.9. The van der Waals surface area contributed by atoms with Crippen molar-refractivity contribution in [1.29, 1.82) is 0 Å². The predicted molar refractivity (Wildman–Crippen MR) is 255 cm³/mol. The molecule has 61 heavy (non-hydrogen) atoms. The van der Waals surface area contributed by atoms with Crippen LogP contribution in [0.4, 0.5) is 28.4 Å². The molecule has 4 nitrogen and oxygen atoms in total. The Morgan fingerprint density at radius 2 is 1.18 bits per heavy atom. The van der Waals surface area contributed by atoms with Gasteiger partial charge in [0.05, 0.1) is 23.3 Å². The van der Waals surface area contributed by atoms with Crippen LogP contribution in [0, 0.1) is 0 Å². The largest absolute Gasteiger partial charge is 0.490 e. The van der Waals surface area contributed by atoms with Gasteiger partial charge in [0.1, 0.15) is 12.4 Å². The van der Waals surface area contributed by atoms with Crippen molar-refractivity contribution in [1.82, 2.24) is 4.57 Å². The molecule has 1 aliphatic carbocycles. The Balaban J connectivity index is 1.10. The number of para-hydroxylation sites is 3. The number of ether oxygens (including phenoxy) is 1. The maximum Gasteiger partial charge on any atom is 0.143 e. The molecule has 292 valence electrons. The van der Waals surface area contributed by atoms with Crippen LogP contribution in [-0.4, -0.2) is 17.7 Å². The van der Waals surface area contributed by atoms with Crippen LogP contribution >= 0.6 is 0 Å². The van der Waals surface area contributed by atoms with Gasteiger partial charge in [0.25, 0.3) is 0 Å². The summed E-state index contributed by atoms with van der Waals surface area (Å²) in [6.07, 6.45) is 0. The van der Waals surface area contributed by atoms with Gasteiger partial charge in [-0.15, -0.1) is 0 Å². The van der Waals surface area contributed by atoms with E-state index in [1.165, 1.54) is 66.1 Å². The maximum atomic E-state index is 6.48. The fourth-order valence-corrected chi connectivity index (χ4v) is 10.2. The summed E-state index contributed by atoms with van der Waals surface area (Å²) in [5, 5.41) is 4.92. The standard InChI is InChI=1S/C57H43N3O/c1-57(2)50-24-11-8-23-48(50)56-49(40-28-30-54-55(34-40)61-32-31-58(54)41-17-4-3-5-18-41)36-45(37-51(56)57)59(44-29-27-38-15-6-7-16-39(38)33-44)42-19-14-20-43(35-42)60-52-25-12-9-21-46(52)47-22-10-13-26-53(47)60/h3-30,33-37H,31-32H2,1-2H3. The topological polar surface area (TPSA) is 20.6 Å². The molecule has 0 saturated carbocycles. The molecule has 1 aliphatic heterocycles. The SMILES string of the molecule is CC1(C)c2ccccc2-c2c(-c3ccc4c(c3)OCCN4c3ccccc3)cc(N(c3cccc(-n4c5ccccc5c5ccccc54)c3)c3ccc4ccccc4c3)cc21. The summed E-state index contributed by atoms with van der Waals surface area (Å²) < 4.78 is 8.89. The number of hydrogen-bond donors (Lipinski definition) is 0. The first-order chi connectivity index (χ1) is 30.0. The molecule has 0 atom stereocenters. The Labute approximate surface area is 356 Å². The summed E-state index contributed by atoms with van der Waals surface area (Å²) in [4.78, 5) is 4.83. The molecule has 12 rings (SSSR count). The minimum atomic E-state index is -0.231. The normalized spacial score (nSPS) is 13.8. The van der Waals surface area contributed by atoms with Crippen molar-refractivity contribution in [3.05, 3.63) is 211 Å². The average Bonchev–Trinajstić information content (AvgIpc) is 3.77. The Hall–Kier alpha value is -7.56. The Morgan fingerprint density at radius 1 is 0.492 bits per heavy atom. The maximum absolute atomic E-state index is 6.48. The number of rotatable bonds is 6. The lowest BCUT2D eigenvalue weighted by atomic mass is 9.81. The zero-order valence-electron chi connectivity index (χ0n) is 34.2. The van der Waals surface area contributed by atoms with E-state index in [4.69, 9.17) is 4.74 Å².